The van der Waals surface area contributed by atoms with E-state index in [1.54, 1.807) is 6.92 Å². The van der Waals surface area contributed by atoms with Gasteiger partial charge >= 0.3 is 11.9 Å². The molecule has 0 aromatic heterocycles. The Morgan fingerprint density at radius 2 is 1.61 bits per heavy atom. The van der Waals surface area contributed by atoms with E-state index >= 15 is 0 Å². The van der Waals surface area contributed by atoms with Crippen LogP contribution in [-0.2, 0) is 28.5 Å². The lowest BCUT2D eigenvalue weighted by Gasteiger charge is -2.41. The van der Waals surface area contributed by atoms with Crippen LogP contribution in [0.5, 0.6) is 0 Å². The first-order chi connectivity index (χ1) is 8.36. The Hall–Kier alpha value is -0.660. The molecule has 1 heterocycles. The molecule has 0 aliphatic carbocycles. The summed E-state index contributed by atoms with van der Waals surface area (Å²) in [4.78, 5) is 21.7. The summed E-state index contributed by atoms with van der Waals surface area (Å²) >= 11 is 3.39. The standard InChI is InChI=1S/C11H17BrO6/c1-5-9(17-6(2)13)8(12)10(18-7(3)14)11(15-4)16-5/h5,8-11H,1-4H3/t5-,8-,9-,10-,11+/m1/s1. The Morgan fingerprint density at radius 3 is 2.06 bits per heavy atom. The highest BCUT2D eigenvalue weighted by Gasteiger charge is 2.47. The van der Waals surface area contributed by atoms with Crippen molar-refractivity contribution in [3.05, 3.63) is 0 Å². The smallest absolute Gasteiger partial charge is 0.303 e. The highest BCUT2D eigenvalue weighted by Crippen LogP contribution is 2.31. The number of rotatable bonds is 3. The third-order valence-electron chi connectivity index (χ3n) is 2.54. The summed E-state index contributed by atoms with van der Waals surface area (Å²) < 4.78 is 21.0. The predicted octanol–water partition coefficient (Wildman–Crippen LogP) is 1.00. The fraction of sp³-hybridized carbons (Fsp3) is 0.818. The average molecular weight is 325 g/mol. The number of ether oxygens (including phenoxy) is 4. The summed E-state index contributed by atoms with van der Waals surface area (Å²) in [6, 6.07) is 0. The molecule has 1 fully saturated rings. The van der Waals surface area contributed by atoms with Crippen molar-refractivity contribution in [1.82, 2.24) is 0 Å². The molecule has 1 rings (SSSR count). The Morgan fingerprint density at radius 1 is 1.11 bits per heavy atom. The number of halogens is 1. The van der Waals surface area contributed by atoms with Crippen molar-refractivity contribution in [2.45, 2.75) is 50.2 Å². The van der Waals surface area contributed by atoms with Gasteiger partial charge < -0.3 is 18.9 Å². The average Bonchev–Trinajstić information content (AvgIpc) is 2.27. The van der Waals surface area contributed by atoms with Crippen LogP contribution in [0.4, 0.5) is 0 Å². The number of carbonyl (C=O) groups is 2. The predicted molar refractivity (Wildman–Crippen MR) is 65.2 cm³/mol. The van der Waals surface area contributed by atoms with E-state index in [0.29, 0.717) is 0 Å². The zero-order valence-corrected chi connectivity index (χ0v) is 12.3. The molecule has 0 amide bonds. The van der Waals surface area contributed by atoms with Crippen molar-refractivity contribution in [3.63, 3.8) is 0 Å². The van der Waals surface area contributed by atoms with Gasteiger partial charge in [0.05, 0.1) is 10.9 Å². The first-order valence-electron chi connectivity index (χ1n) is 5.53. The van der Waals surface area contributed by atoms with E-state index in [4.69, 9.17) is 18.9 Å². The molecular weight excluding hydrogens is 308 g/mol. The molecule has 5 atom stereocenters. The number of esters is 2. The van der Waals surface area contributed by atoms with Crippen molar-refractivity contribution in [3.8, 4) is 0 Å². The molecule has 0 N–H and O–H groups in total. The van der Waals surface area contributed by atoms with E-state index in [2.05, 4.69) is 15.9 Å². The molecule has 0 aromatic carbocycles. The minimum Gasteiger partial charge on any atom is -0.458 e. The molecule has 0 saturated carbocycles. The highest BCUT2D eigenvalue weighted by molar-refractivity contribution is 9.09. The van der Waals surface area contributed by atoms with Crippen molar-refractivity contribution in [1.29, 1.82) is 0 Å². The lowest BCUT2D eigenvalue weighted by molar-refractivity contribution is -0.257. The van der Waals surface area contributed by atoms with Gasteiger partial charge in [-0.2, -0.15) is 0 Å². The number of hydrogen-bond acceptors (Lipinski definition) is 6. The molecule has 6 nitrogen and oxygen atoms in total. The van der Waals surface area contributed by atoms with Gasteiger partial charge in [-0.15, -0.1) is 0 Å². The molecule has 0 spiro atoms. The van der Waals surface area contributed by atoms with E-state index in [-0.39, 0.29) is 10.9 Å². The van der Waals surface area contributed by atoms with Crippen LogP contribution in [0.1, 0.15) is 20.8 Å². The topological polar surface area (TPSA) is 71.1 Å². The minimum absolute atomic E-state index is 0.366. The maximum atomic E-state index is 11.1. The molecule has 0 unspecified atom stereocenters. The van der Waals surface area contributed by atoms with Gasteiger partial charge in [0.2, 0.25) is 0 Å². The number of hydrogen-bond donors (Lipinski definition) is 0. The van der Waals surface area contributed by atoms with Crippen molar-refractivity contribution in [2.24, 2.45) is 0 Å². The van der Waals surface area contributed by atoms with Crippen LogP contribution in [-0.4, -0.2) is 48.5 Å². The quantitative estimate of drug-likeness (QED) is 0.570. The van der Waals surface area contributed by atoms with Crippen molar-refractivity contribution in [2.75, 3.05) is 7.11 Å². The Kier molecular flexibility index (Phi) is 5.55. The van der Waals surface area contributed by atoms with Gasteiger partial charge in [-0.1, -0.05) is 15.9 Å². The van der Waals surface area contributed by atoms with Crippen LogP contribution in [0.25, 0.3) is 0 Å². The third-order valence-corrected chi connectivity index (χ3v) is 3.59. The monoisotopic (exact) mass is 324 g/mol. The van der Waals surface area contributed by atoms with E-state index in [9.17, 15) is 9.59 Å². The minimum atomic E-state index is -0.694. The van der Waals surface area contributed by atoms with Crippen molar-refractivity contribution >= 4 is 27.9 Å². The maximum Gasteiger partial charge on any atom is 0.303 e. The molecule has 0 bridgehead atoms. The lowest BCUT2D eigenvalue weighted by atomic mass is 10.0. The summed E-state index contributed by atoms with van der Waals surface area (Å²) in [6.45, 7) is 4.37. The molecule has 1 saturated heterocycles. The van der Waals surface area contributed by atoms with Crippen LogP contribution in [0.2, 0.25) is 0 Å². The summed E-state index contributed by atoms with van der Waals surface area (Å²) in [6.07, 6.45) is -2.28. The van der Waals surface area contributed by atoms with Gasteiger partial charge in [0.1, 0.15) is 6.10 Å². The number of methoxy groups -OCH3 is 1. The van der Waals surface area contributed by atoms with E-state index in [1.807, 2.05) is 0 Å². The molecule has 0 aromatic rings. The summed E-state index contributed by atoms with van der Waals surface area (Å²) in [5, 5.41) is 0. The zero-order valence-electron chi connectivity index (χ0n) is 10.7. The van der Waals surface area contributed by atoms with Crippen molar-refractivity contribution < 1.29 is 28.5 Å². The van der Waals surface area contributed by atoms with Gasteiger partial charge in [-0.05, 0) is 6.92 Å². The Balaban J connectivity index is 2.84. The van der Waals surface area contributed by atoms with Gasteiger partial charge in [-0.3, -0.25) is 9.59 Å². The van der Waals surface area contributed by atoms with Gasteiger partial charge in [0, 0.05) is 21.0 Å². The third kappa shape index (κ3) is 3.66. The zero-order chi connectivity index (χ0) is 13.9. The second-order valence-corrected chi connectivity index (χ2v) is 5.10. The van der Waals surface area contributed by atoms with E-state index in [1.165, 1.54) is 21.0 Å². The summed E-state index contributed by atoms with van der Waals surface area (Å²) in [5.74, 6) is -0.872. The number of carbonyl (C=O) groups excluding carboxylic acids is 2. The molecule has 0 radical (unpaired) electrons. The van der Waals surface area contributed by atoms with Gasteiger partial charge in [0.25, 0.3) is 0 Å². The van der Waals surface area contributed by atoms with Crippen LogP contribution in [0.15, 0.2) is 0 Å². The van der Waals surface area contributed by atoms with Crippen LogP contribution in [0.3, 0.4) is 0 Å². The second-order valence-electron chi connectivity index (χ2n) is 4.04. The van der Waals surface area contributed by atoms with E-state index < -0.39 is 30.4 Å². The van der Waals surface area contributed by atoms with Crippen LogP contribution in [0, 0.1) is 0 Å². The fourth-order valence-corrected chi connectivity index (χ4v) is 2.71. The maximum absolute atomic E-state index is 11.1. The van der Waals surface area contributed by atoms with Gasteiger partial charge in [0.15, 0.2) is 12.4 Å². The second kappa shape index (κ2) is 6.49. The molecule has 1 aliphatic heterocycles. The van der Waals surface area contributed by atoms with Gasteiger partial charge in [-0.25, -0.2) is 0 Å². The Labute approximate surface area is 114 Å². The Bertz CT molecular complexity index is 321. The number of alkyl halides is 1. The van der Waals surface area contributed by atoms with Crippen LogP contribution >= 0.6 is 15.9 Å². The van der Waals surface area contributed by atoms with Crippen LogP contribution < -0.4 is 0 Å². The fourth-order valence-electron chi connectivity index (χ4n) is 1.82. The molecule has 104 valence electrons. The van der Waals surface area contributed by atoms with E-state index in [0.717, 1.165) is 0 Å². The lowest BCUT2D eigenvalue weighted by Crippen LogP contribution is -2.57. The summed E-state index contributed by atoms with van der Waals surface area (Å²) in [5.41, 5.74) is 0. The summed E-state index contributed by atoms with van der Waals surface area (Å²) in [7, 11) is 1.46. The highest BCUT2D eigenvalue weighted by atomic mass is 79.9. The first-order valence-corrected chi connectivity index (χ1v) is 6.45. The normalized spacial score (nSPS) is 35.9. The molecule has 1 aliphatic rings. The first kappa shape index (κ1) is 15.4. The molecular formula is C11H17BrO6. The largest absolute Gasteiger partial charge is 0.458 e. The molecule has 18 heavy (non-hydrogen) atoms. The SMILES string of the molecule is CO[C@H]1O[C@H](C)[C@@H](OC(C)=O)[C@@H](Br)[C@H]1OC(C)=O. The molecule has 7 heteroatoms.